The van der Waals surface area contributed by atoms with Crippen LogP contribution in [0.25, 0.3) is 21.0 Å². The van der Waals surface area contributed by atoms with Crippen LogP contribution in [0, 0.1) is 0 Å². The summed E-state index contributed by atoms with van der Waals surface area (Å²) in [6.07, 6.45) is 3.34. The van der Waals surface area contributed by atoms with Gasteiger partial charge < -0.3 is 4.90 Å². The molecule has 124 valence electrons. The molecule has 4 rings (SSSR count). The summed E-state index contributed by atoms with van der Waals surface area (Å²) in [5.41, 5.74) is 0.871. The Kier molecular flexibility index (Phi) is 3.97. The number of halogens is 1. The Morgan fingerprint density at radius 2 is 1.92 bits per heavy atom. The zero-order chi connectivity index (χ0) is 16.8. The lowest BCUT2D eigenvalue weighted by Gasteiger charge is -2.38. The van der Waals surface area contributed by atoms with Gasteiger partial charge in [0.1, 0.15) is 5.15 Å². The molecular formula is C19H19ClN2OS. The maximum absolute atomic E-state index is 13.1. The van der Waals surface area contributed by atoms with E-state index < -0.39 is 0 Å². The molecule has 2 aromatic heterocycles. The van der Waals surface area contributed by atoms with Crippen molar-refractivity contribution in [2.45, 2.75) is 45.2 Å². The number of thiophene rings is 1. The van der Waals surface area contributed by atoms with Gasteiger partial charge in [-0.1, -0.05) is 29.8 Å². The first-order valence-electron chi connectivity index (χ1n) is 8.36. The Balaban J connectivity index is 1.84. The van der Waals surface area contributed by atoms with E-state index in [2.05, 4.69) is 18.8 Å². The van der Waals surface area contributed by atoms with Crippen molar-refractivity contribution in [3.63, 3.8) is 0 Å². The van der Waals surface area contributed by atoms with Gasteiger partial charge in [-0.25, -0.2) is 4.98 Å². The molecule has 5 heteroatoms. The molecule has 1 fully saturated rings. The van der Waals surface area contributed by atoms with Crippen LogP contribution in [-0.2, 0) is 0 Å². The van der Waals surface area contributed by atoms with Crippen LogP contribution in [0.3, 0.4) is 0 Å². The molecule has 3 nitrogen and oxygen atoms in total. The molecule has 2 atom stereocenters. The molecule has 0 unspecified atom stereocenters. The lowest BCUT2D eigenvalue weighted by Crippen LogP contribution is -2.47. The number of aromatic nitrogens is 1. The summed E-state index contributed by atoms with van der Waals surface area (Å²) in [5.74, 6) is 0.121. The number of hydrogen-bond donors (Lipinski definition) is 0. The summed E-state index contributed by atoms with van der Waals surface area (Å²) < 4.78 is 1.05. The molecule has 1 amide bonds. The number of fused-ring (bicyclic) bond motifs is 3. The van der Waals surface area contributed by atoms with E-state index in [4.69, 9.17) is 11.6 Å². The maximum Gasteiger partial charge on any atom is 0.264 e. The number of benzene rings is 1. The Morgan fingerprint density at radius 3 is 2.67 bits per heavy atom. The van der Waals surface area contributed by atoms with E-state index in [9.17, 15) is 4.79 Å². The van der Waals surface area contributed by atoms with Gasteiger partial charge in [-0.15, -0.1) is 11.3 Å². The summed E-state index contributed by atoms with van der Waals surface area (Å²) >= 11 is 7.90. The highest BCUT2D eigenvalue weighted by atomic mass is 35.5. The summed E-state index contributed by atoms with van der Waals surface area (Å²) in [4.78, 5) is 20.4. The smallest absolute Gasteiger partial charge is 0.264 e. The fraction of sp³-hybridized carbons (Fsp3) is 0.368. The molecular weight excluding hydrogens is 340 g/mol. The van der Waals surface area contributed by atoms with Gasteiger partial charge in [-0.2, -0.15) is 0 Å². The van der Waals surface area contributed by atoms with Crippen LogP contribution in [0.2, 0.25) is 5.15 Å². The number of hydrogen-bond acceptors (Lipinski definition) is 3. The van der Waals surface area contributed by atoms with E-state index in [1.807, 2.05) is 35.2 Å². The van der Waals surface area contributed by atoms with Crippen LogP contribution in [0.5, 0.6) is 0 Å². The van der Waals surface area contributed by atoms with E-state index in [1.165, 1.54) is 17.8 Å². The number of pyridine rings is 1. The molecule has 3 heterocycles. The molecule has 0 radical (unpaired) electrons. The Bertz CT molecular complexity index is 926. The number of nitrogens with zero attached hydrogens (tertiary/aromatic N) is 2. The molecule has 24 heavy (non-hydrogen) atoms. The van der Waals surface area contributed by atoms with Gasteiger partial charge in [-0.05, 0) is 45.2 Å². The average molecular weight is 359 g/mol. The topological polar surface area (TPSA) is 33.2 Å². The van der Waals surface area contributed by atoms with Crippen molar-refractivity contribution in [1.29, 1.82) is 0 Å². The lowest BCUT2D eigenvalue weighted by molar-refractivity contribution is 0.0516. The second kappa shape index (κ2) is 6.01. The molecule has 3 aromatic rings. The highest BCUT2D eigenvalue weighted by Crippen LogP contribution is 2.37. The molecule has 1 aliphatic heterocycles. The first kappa shape index (κ1) is 15.9. The van der Waals surface area contributed by atoms with E-state index in [-0.39, 0.29) is 18.0 Å². The zero-order valence-corrected chi connectivity index (χ0v) is 15.3. The molecule has 1 saturated heterocycles. The monoisotopic (exact) mass is 358 g/mol. The molecule has 0 bridgehead atoms. The lowest BCUT2D eigenvalue weighted by atomic mass is 9.97. The zero-order valence-electron chi connectivity index (χ0n) is 13.8. The van der Waals surface area contributed by atoms with Crippen LogP contribution in [0.15, 0.2) is 30.3 Å². The van der Waals surface area contributed by atoms with E-state index in [1.54, 1.807) is 0 Å². The minimum absolute atomic E-state index is 0.121. The van der Waals surface area contributed by atoms with Crippen LogP contribution in [-0.4, -0.2) is 27.9 Å². The van der Waals surface area contributed by atoms with E-state index in [0.717, 1.165) is 38.7 Å². The Labute approximate surface area is 150 Å². The highest BCUT2D eigenvalue weighted by Gasteiger charge is 2.30. The normalized spacial score (nSPS) is 21.5. The van der Waals surface area contributed by atoms with Crippen LogP contribution in [0.4, 0.5) is 0 Å². The van der Waals surface area contributed by atoms with Crippen molar-refractivity contribution in [1.82, 2.24) is 9.88 Å². The second-order valence-electron chi connectivity index (χ2n) is 6.61. The number of para-hydroxylation sites is 1. The van der Waals surface area contributed by atoms with Crippen molar-refractivity contribution in [2.24, 2.45) is 0 Å². The number of likely N-dealkylation sites (tertiary alicyclic amines) is 1. The van der Waals surface area contributed by atoms with Gasteiger partial charge in [0, 0.05) is 27.6 Å². The predicted octanol–water partition coefficient (Wildman–Crippen LogP) is 5.51. The number of rotatable bonds is 1. The highest BCUT2D eigenvalue weighted by molar-refractivity contribution is 7.21. The van der Waals surface area contributed by atoms with Crippen LogP contribution in [0.1, 0.15) is 42.8 Å². The maximum atomic E-state index is 13.1. The van der Waals surface area contributed by atoms with Crippen molar-refractivity contribution >= 4 is 49.8 Å². The third-order valence-corrected chi connectivity index (χ3v) is 6.40. The second-order valence-corrected chi connectivity index (χ2v) is 8.02. The van der Waals surface area contributed by atoms with E-state index in [0.29, 0.717) is 5.15 Å². The van der Waals surface area contributed by atoms with Crippen molar-refractivity contribution in [2.75, 3.05) is 0 Å². The first-order valence-corrected chi connectivity index (χ1v) is 9.56. The van der Waals surface area contributed by atoms with Crippen molar-refractivity contribution in [3.8, 4) is 0 Å². The SMILES string of the molecule is C[C@H]1CCC[C@H](C)N1C(=O)c1cc2c(Cl)nc3ccccc3c2s1. The number of piperidine rings is 1. The quantitative estimate of drug-likeness (QED) is 0.537. The minimum Gasteiger partial charge on any atom is -0.333 e. The first-order chi connectivity index (χ1) is 11.6. The third-order valence-electron chi connectivity index (χ3n) is 4.96. The Morgan fingerprint density at radius 1 is 1.21 bits per heavy atom. The molecule has 0 saturated carbocycles. The van der Waals surface area contributed by atoms with Crippen LogP contribution >= 0.6 is 22.9 Å². The third kappa shape index (κ3) is 2.49. The fourth-order valence-corrected chi connectivity index (χ4v) is 5.16. The molecule has 1 aromatic carbocycles. The summed E-state index contributed by atoms with van der Waals surface area (Å²) in [6, 6.07) is 10.4. The van der Waals surface area contributed by atoms with Gasteiger partial charge in [0.05, 0.1) is 10.4 Å². The van der Waals surface area contributed by atoms with Gasteiger partial charge in [0.2, 0.25) is 0 Å². The van der Waals surface area contributed by atoms with Gasteiger partial charge in [0.15, 0.2) is 0 Å². The largest absolute Gasteiger partial charge is 0.333 e. The van der Waals surface area contributed by atoms with E-state index >= 15 is 0 Å². The van der Waals surface area contributed by atoms with Gasteiger partial charge in [0.25, 0.3) is 5.91 Å². The molecule has 1 aliphatic rings. The summed E-state index contributed by atoms with van der Waals surface area (Å²) in [7, 11) is 0. The average Bonchev–Trinajstić information content (AvgIpc) is 3.01. The predicted molar refractivity (Wildman–Crippen MR) is 101 cm³/mol. The van der Waals surface area contributed by atoms with Crippen molar-refractivity contribution < 1.29 is 4.79 Å². The number of carbonyl (C=O) groups excluding carboxylic acids is 1. The standard InChI is InChI=1S/C19H19ClN2OS/c1-11-6-5-7-12(2)22(11)19(23)16-10-14-17(24-16)13-8-3-4-9-15(13)21-18(14)20/h3-4,8-12H,5-7H2,1-2H3/t11-,12-/m0/s1. The molecule has 0 aliphatic carbocycles. The summed E-state index contributed by atoms with van der Waals surface area (Å²) in [6.45, 7) is 4.29. The summed E-state index contributed by atoms with van der Waals surface area (Å²) in [5, 5.41) is 2.40. The van der Waals surface area contributed by atoms with Gasteiger partial charge >= 0.3 is 0 Å². The fourth-order valence-electron chi connectivity index (χ4n) is 3.73. The van der Waals surface area contributed by atoms with Crippen LogP contribution < -0.4 is 0 Å². The number of amides is 1. The molecule has 0 N–H and O–H groups in total. The minimum atomic E-state index is 0.121. The number of carbonyl (C=O) groups is 1. The molecule has 0 spiro atoms. The Hall–Kier alpha value is -1.65. The van der Waals surface area contributed by atoms with Crippen molar-refractivity contribution in [3.05, 3.63) is 40.4 Å². The van der Waals surface area contributed by atoms with Gasteiger partial charge in [-0.3, -0.25) is 4.79 Å².